The maximum atomic E-state index is 12.5. The minimum Gasteiger partial charge on any atom is -0.382 e. The summed E-state index contributed by atoms with van der Waals surface area (Å²) < 4.78 is 0.662. The lowest BCUT2D eigenvalue weighted by Gasteiger charge is -2.06. The number of carbonyl (C=O) groups excluding carboxylic acids is 2. The standard InChI is InChI=1S/C20H19N7O2S4/c1-9-13(32-20(30)23-9)7-14(28)24-11-5-3-4-10(6-11)12-8-31-17(25-12)15-16(21)26-19(33-15)27-18(29)22-2/h3-6,8H,7,21H2,1-2H3,(H,23,30)(H,24,28)(H2,22,26,27,29). The molecule has 3 amide bonds. The Balaban J connectivity index is 1.49. The van der Waals surface area contributed by atoms with Crippen LogP contribution in [0.5, 0.6) is 0 Å². The Morgan fingerprint density at radius 2 is 2.03 bits per heavy atom. The quantitative estimate of drug-likeness (QED) is 0.231. The second-order valence-electron chi connectivity index (χ2n) is 6.84. The van der Waals surface area contributed by atoms with Crippen molar-refractivity contribution in [3.05, 3.63) is 44.2 Å². The molecule has 1 aromatic carbocycles. The minimum absolute atomic E-state index is 0.118. The maximum absolute atomic E-state index is 12.5. The van der Waals surface area contributed by atoms with E-state index in [0.29, 0.717) is 30.5 Å². The molecule has 0 aliphatic heterocycles. The highest BCUT2D eigenvalue weighted by molar-refractivity contribution is 7.73. The summed E-state index contributed by atoms with van der Waals surface area (Å²) in [6.07, 6.45) is 0.256. The first-order valence-electron chi connectivity index (χ1n) is 9.62. The number of anilines is 3. The number of aryl methyl sites for hydroxylation is 1. The Bertz CT molecular complexity index is 1380. The third-order valence-corrected chi connectivity index (χ3v) is 7.80. The van der Waals surface area contributed by atoms with Crippen molar-refractivity contribution in [3.8, 4) is 21.1 Å². The van der Waals surface area contributed by atoms with Crippen molar-refractivity contribution < 1.29 is 9.59 Å². The van der Waals surface area contributed by atoms with Crippen LogP contribution in [-0.4, -0.2) is 33.9 Å². The second kappa shape index (κ2) is 9.79. The molecule has 33 heavy (non-hydrogen) atoms. The predicted octanol–water partition coefficient (Wildman–Crippen LogP) is 4.88. The van der Waals surface area contributed by atoms with Crippen molar-refractivity contribution in [2.45, 2.75) is 13.3 Å². The van der Waals surface area contributed by atoms with E-state index in [2.05, 4.69) is 30.9 Å². The summed E-state index contributed by atoms with van der Waals surface area (Å²) in [4.78, 5) is 37.5. The third-order valence-electron chi connectivity index (χ3n) is 4.49. The topological polar surface area (TPSA) is 138 Å². The van der Waals surface area contributed by atoms with Crippen molar-refractivity contribution in [1.82, 2.24) is 20.3 Å². The molecule has 0 saturated carbocycles. The van der Waals surface area contributed by atoms with E-state index in [1.807, 2.05) is 36.6 Å². The van der Waals surface area contributed by atoms with E-state index in [9.17, 15) is 9.59 Å². The maximum Gasteiger partial charge on any atom is 0.320 e. The van der Waals surface area contributed by atoms with Crippen LogP contribution in [0.1, 0.15) is 10.6 Å². The van der Waals surface area contributed by atoms with E-state index < -0.39 is 0 Å². The zero-order chi connectivity index (χ0) is 23.5. The summed E-state index contributed by atoms with van der Waals surface area (Å²) in [6, 6.07) is 7.12. The zero-order valence-corrected chi connectivity index (χ0v) is 20.8. The van der Waals surface area contributed by atoms with Crippen LogP contribution in [-0.2, 0) is 11.2 Å². The Hall–Kier alpha value is -3.13. The van der Waals surface area contributed by atoms with E-state index in [-0.39, 0.29) is 18.4 Å². The molecule has 0 radical (unpaired) electrons. The first kappa shape index (κ1) is 23.0. The van der Waals surface area contributed by atoms with E-state index in [1.54, 1.807) is 0 Å². The van der Waals surface area contributed by atoms with Crippen LogP contribution < -0.4 is 21.7 Å². The van der Waals surface area contributed by atoms with Crippen LogP contribution in [0.25, 0.3) is 21.1 Å². The van der Waals surface area contributed by atoms with Gasteiger partial charge in [-0.25, -0.2) is 14.8 Å². The molecule has 0 fully saturated rings. The highest BCUT2D eigenvalue weighted by atomic mass is 32.1. The first-order valence-corrected chi connectivity index (χ1v) is 12.5. The number of rotatable bonds is 6. The lowest BCUT2D eigenvalue weighted by Crippen LogP contribution is -2.24. The molecule has 3 heterocycles. The van der Waals surface area contributed by atoms with Gasteiger partial charge in [-0.05, 0) is 31.3 Å². The summed E-state index contributed by atoms with van der Waals surface area (Å²) in [5.41, 5.74) is 9.23. The molecule has 0 saturated heterocycles. The average molecular weight is 518 g/mol. The Morgan fingerprint density at radius 3 is 2.76 bits per heavy atom. The van der Waals surface area contributed by atoms with Gasteiger partial charge in [-0.1, -0.05) is 23.5 Å². The second-order valence-corrected chi connectivity index (χ2v) is 10.5. The van der Waals surface area contributed by atoms with E-state index >= 15 is 0 Å². The molecular weight excluding hydrogens is 499 g/mol. The van der Waals surface area contributed by atoms with Crippen molar-refractivity contribution in [2.24, 2.45) is 0 Å². The fourth-order valence-electron chi connectivity index (χ4n) is 2.92. The number of aromatic nitrogens is 3. The summed E-state index contributed by atoms with van der Waals surface area (Å²) in [7, 11) is 1.52. The number of thiazole rings is 3. The molecule has 13 heteroatoms. The van der Waals surface area contributed by atoms with Crippen LogP contribution in [0.4, 0.5) is 21.4 Å². The Labute approximate surface area is 206 Å². The average Bonchev–Trinajstić information content (AvgIpc) is 3.47. The molecule has 0 aliphatic carbocycles. The summed E-state index contributed by atoms with van der Waals surface area (Å²) in [5.74, 6) is 0.185. The Kier molecular flexibility index (Phi) is 6.83. The van der Waals surface area contributed by atoms with Crippen LogP contribution in [0, 0.1) is 10.9 Å². The van der Waals surface area contributed by atoms with E-state index in [4.69, 9.17) is 18.0 Å². The van der Waals surface area contributed by atoms with Gasteiger partial charge in [0, 0.05) is 34.2 Å². The van der Waals surface area contributed by atoms with Gasteiger partial charge in [0.2, 0.25) is 5.91 Å². The number of carbonyl (C=O) groups is 2. The molecule has 3 aromatic heterocycles. The number of nitrogens with one attached hydrogen (secondary N) is 4. The van der Waals surface area contributed by atoms with Gasteiger partial charge in [-0.2, -0.15) is 0 Å². The SMILES string of the molecule is CNC(=O)Nc1nc(N)c(-c2nc(-c3cccc(NC(=O)Cc4sc(=S)[nH]c4C)c3)cs2)s1. The smallest absolute Gasteiger partial charge is 0.320 e. The molecule has 4 aromatic rings. The summed E-state index contributed by atoms with van der Waals surface area (Å²) >= 11 is 9.23. The van der Waals surface area contributed by atoms with E-state index in [0.717, 1.165) is 21.8 Å². The zero-order valence-electron chi connectivity index (χ0n) is 17.5. The normalized spacial score (nSPS) is 10.7. The van der Waals surface area contributed by atoms with Crippen molar-refractivity contribution in [2.75, 3.05) is 23.4 Å². The van der Waals surface area contributed by atoms with Gasteiger partial charge < -0.3 is 21.4 Å². The highest BCUT2D eigenvalue weighted by Crippen LogP contribution is 2.38. The number of nitrogens with two attached hydrogens (primary N) is 1. The van der Waals surface area contributed by atoms with Crippen LogP contribution in [0.2, 0.25) is 0 Å². The molecular formula is C20H19N7O2S4. The van der Waals surface area contributed by atoms with Gasteiger partial charge in [0.05, 0.1) is 12.1 Å². The number of hydrogen-bond acceptors (Lipinski definition) is 9. The molecule has 4 rings (SSSR count). The molecule has 0 bridgehead atoms. The number of amides is 3. The number of hydrogen-bond donors (Lipinski definition) is 5. The Morgan fingerprint density at radius 1 is 1.21 bits per heavy atom. The molecule has 6 N–H and O–H groups in total. The molecule has 0 aliphatic rings. The summed E-state index contributed by atoms with van der Waals surface area (Å²) in [6.45, 7) is 1.91. The molecule has 0 atom stereocenters. The van der Waals surface area contributed by atoms with Gasteiger partial charge >= 0.3 is 6.03 Å². The van der Waals surface area contributed by atoms with Gasteiger partial charge in [-0.3, -0.25) is 10.1 Å². The lowest BCUT2D eigenvalue weighted by atomic mass is 10.1. The predicted molar refractivity (Wildman–Crippen MR) is 138 cm³/mol. The third kappa shape index (κ3) is 5.45. The monoisotopic (exact) mass is 517 g/mol. The van der Waals surface area contributed by atoms with Gasteiger partial charge in [-0.15, -0.1) is 22.7 Å². The highest BCUT2D eigenvalue weighted by Gasteiger charge is 2.16. The minimum atomic E-state index is -0.370. The largest absolute Gasteiger partial charge is 0.382 e. The van der Waals surface area contributed by atoms with Crippen LogP contribution in [0.3, 0.4) is 0 Å². The fourth-order valence-corrected chi connectivity index (χ4v) is 6.02. The van der Waals surface area contributed by atoms with Gasteiger partial charge in [0.15, 0.2) is 9.09 Å². The number of urea groups is 1. The van der Waals surface area contributed by atoms with E-state index in [1.165, 1.54) is 41.1 Å². The van der Waals surface area contributed by atoms with Crippen LogP contribution >= 0.6 is 46.2 Å². The van der Waals surface area contributed by atoms with Crippen molar-refractivity contribution in [3.63, 3.8) is 0 Å². The lowest BCUT2D eigenvalue weighted by molar-refractivity contribution is -0.115. The van der Waals surface area contributed by atoms with Gasteiger partial charge in [0.1, 0.15) is 15.7 Å². The van der Waals surface area contributed by atoms with Crippen molar-refractivity contribution >= 4 is 74.8 Å². The van der Waals surface area contributed by atoms with Crippen LogP contribution in [0.15, 0.2) is 29.6 Å². The molecule has 0 spiro atoms. The molecule has 9 nitrogen and oxygen atoms in total. The fraction of sp³-hybridized carbons (Fsp3) is 0.150. The number of nitrogens with zero attached hydrogens (tertiary/aromatic N) is 2. The molecule has 170 valence electrons. The number of H-pyrrole nitrogens is 1. The summed E-state index contributed by atoms with van der Waals surface area (Å²) in [5, 5.41) is 11.0. The van der Waals surface area contributed by atoms with Gasteiger partial charge in [0.25, 0.3) is 0 Å². The first-order chi connectivity index (χ1) is 15.8. The number of nitrogen functional groups attached to an aromatic ring is 1. The number of benzene rings is 1. The van der Waals surface area contributed by atoms with Crippen molar-refractivity contribution in [1.29, 1.82) is 0 Å². The molecule has 0 unspecified atom stereocenters. The number of aromatic amines is 1.